The standard InChI is InChI=1S/C17H28N2O3/c1-2-3-4-6-16(21)18-11-9-15-14(13-18)7-8-17(22)19(15)10-5-12-20/h3-4,14-15,20H,2,5-13H2,1H3. The van der Waals surface area contributed by atoms with Gasteiger partial charge in [-0.15, -0.1) is 0 Å². The number of carbonyl (C=O) groups excluding carboxylic acids is 2. The molecule has 0 spiro atoms. The van der Waals surface area contributed by atoms with Gasteiger partial charge in [0.1, 0.15) is 0 Å². The summed E-state index contributed by atoms with van der Waals surface area (Å²) in [5.41, 5.74) is 0. The number of carbonyl (C=O) groups is 2. The van der Waals surface area contributed by atoms with Gasteiger partial charge < -0.3 is 14.9 Å². The average Bonchev–Trinajstić information content (AvgIpc) is 2.53. The molecular weight excluding hydrogens is 280 g/mol. The molecule has 0 radical (unpaired) electrons. The van der Waals surface area contributed by atoms with Crippen LogP contribution in [0.15, 0.2) is 12.2 Å². The van der Waals surface area contributed by atoms with Crippen LogP contribution in [-0.4, -0.2) is 59.0 Å². The zero-order valence-corrected chi connectivity index (χ0v) is 13.5. The SMILES string of the molecule is CCC=CCC(=O)N1CCC2C(CCC(=O)N2CCCO)C1. The summed E-state index contributed by atoms with van der Waals surface area (Å²) in [5, 5.41) is 9.00. The number of piperidine rings is 2. The fraction of sp³-hybridized carbons (Fsp3) is 0.765. The van der Waals surface area contributed by atoms with Crippen molar-refractivity contribution in [3.8, 4) is 0 Å². The number of nitrogens with zero attached hydrogens (tertiary/aromatic N) is 2. The zero-order valence-electron chi connectivity index (χ0n) is 13.5. The fourth-order valence-corrected chi connectivity index (χ4v) is 3.59. The maximum atomic E-state index is 12.2. The van der Waals surface area contributed by atoms with Crippen molar-refractivity contribution >= 4 is 11.8 Å². The van der Waals surface area contributed by atoms with Gasteiger partial charge in [-0.25, -0.2) is 0 Å². The van der Waals surface area contributed by atoms with Crippen LogP contribution in [0, 0.1) is 5.92 Å². The molecule has 0 bridgehead atoms. The van der Waals surface area contributed by atoms with Gasteiger partial charge in [-0.2, -0.15) is 0 Å². The Morgan fingerprint density at radius 1 is 1.36 bits per heavy atom. The van der Waals surface area contributed by atoms with Gasteiger partial charge >= 0.3 is 0 Å². The van der Waals surface area contributed by atoms with E-state index in [2.05, 4.69) is 6.92 Å². The van der Waals surface area contributed by atoms with Gasteiger partial charge in [0, 0.05) is 45.1 Å². The molecule has 2 saturated heterocycles. The molecule has 2 aliphatic heterocycles. The van der Waals surface area contributed by atoms with Gasteiger partial charge in [0.25, 0.3) is 0 Å². The van der Waals surface area contributed by atoms with Gasteiger partial charge in [0.05, 0.1) is 0 Å². The second kappa shape index (κ2) is 8.32. The number of hydrogen-bond acceptors (Lipinski definition) is 3. The highest BCUT2D eigenvalue weighted by Gasteiger charge is 2.39. The smallest absolute Gasteiger partial charge is 0.226 e. The number of allylic oxidation sites excluding steroid dienone is 1. The van der Waals surface area contributed by atoms with Gasteiger partial charge in [0.15, 0.2) is 0 Å². The van der Waals surface area contributed by atoms with Crippen LogP contribution in [0.25, 0.3) is 0 Å². The number of aliphatic hydroxyl groups excluding tert-OH is 1. The van der Waals surface area contributed by atoms with Crippen molar-refractivity contribution in [3.63, 3.8) is 0 Å². The quantitative estimate of drug-likeness (QED) is 0.758. The first-order valence-electron chi connectivity index (χ1n) is 8.50. The number of rotatable bonds is 6. The largest absolute Gasteiger partial charge is 0.396 e. The summed E-state index contributed by atoms with van der Waals surface area (Å²) >= 11 is 0. The number of amides is 2. The predicted octanol–water partition coefficient (Wildman–Crippen LogP) is 1.56. The maximum absolute atomic E-state index is 12.2. The van der Waals surface area contributed by atoms with Crippen molar-refractivity contribution in [1.29, 1.82) is 0 Å². The lowest BCUT2D eigenvalue weighted by Crippen LogP contribution is -2.57. The minimum absolute atomic E-state index is 0.121. The van der Waals surface area contributed by atoms with E-state index in [1.54, 1.807) is 0 Å². The molecular formula is C17H28N2O3. The molecule has 2 aliphatic rings. The second-order valence-corrected chi connectivity index (χ2v) is 6.24. The predicted molar refractivity (Wildman–Crippen MR) is 85.2 cm³/mol. The van der Waals surface area contributed by atoms with E-state index in [-0.39, 0.29) is 24.5 Å². The topological polar surface area (TPSA) is 60.9 Å². The molecule has 5 nitrogen and oxygen atoms in total. The lowest BCUT2D eigenvalue weighted by atomic mass is 9.83. The normalized spacial score (nSPS) is 25.6. The number of hydrogen-bond donors (Lipinski definition) is 1. The van der Waals surface area contributed by atoms with Crippen LogP contribution in [0.1, 0.15) is 45.4 Å². The average molecular weight is 308 g/mol. The number of fused-ring (bicyclic) bond motifs is 1. The van der Waals surface area contributed by atoms with Crippen molar-refractivity contribution in [1.82, 2.24) is 9.80 Å². The fourth-order valence-electron chi connectivity index (χ4n) is 3.59. The molecule has 124 valence electrons. The third-order valence-corrected chi connectivity index (χ3v) is 4.75. The number of aliphatic hydroxyl groups is 1. The Bertz CT molecular complexity index is 422. The van der Waals surface area contributed by atoms with Crippen LogP contribution in [0.2, 0.25) is 0 Å². The second-order valence-electron chi connectivity index (χ2n) is 6.24. The highest BCUT2D eigenvalue weighted by atomic mass is 16.3. The first-order valence-corrected chi connectivity index (χ1v) is 8.50. The van der Waals surface area contributed by atoms with E-state index in [4.69, 9.17) is 5.11 Å². The Hall–Kier alpha value is -1.36. The van der Waals surface area contributed by atoms with E-state index < -0.39 is 0 Å². The van der Waals surface area contributed by atoms with Crippen molar-refractivity contribution in [2.24, 2.45) is 5.92 Å². The minimum Gasteiger partial charge on any atom is -0.396 e. The van der Waals surface area contributed by atoms with Crippen LogP contribution in [0.5, 0.6) is 0 Å². The van der Waals surface area contributed by atoms with Crippen molar-refractivity contribution < 1.29 is 14.7 Å². The summed E-state index contributed by atoms with van der Waals surface area (Å²) in [6, 6.07) is 0.253. The summed E-state index contributed by atoms with van der Waals surface area (Å²) < 4.78 is 0. The molecule has 2 fully saturated rings. The Balaban J connectivity index is 1.92. The molecule has 22 heavy (non-hydrogen) atoms. The van der Waals surface area contributed by atoms with Gasteiger partial charge in [-0.1, -0.05) is 19.1 Å². The third-order valence-electron chi connectivity index (χ3n) is 4.75. The Morgan fingerprint density at radius 3 is 2.91 bits per heavy atom. The van der Waals surface area contributed by atoms with Crippen LogP contribution in [-0.2, 0) is 9.59 Å². The van der Waals surface area contributed by atoms with Crippen molar-refractivity contribution in [3.05, 3.63) is 12.2 Å². The summed E-state index contributed by atoms with van der Waals surface area (Å²) in [6.07, 6.45) is 8.38. The molecule has 2 unspecified atom stereocenters. The summed E-state index contributed by atoms with van der Waals surface area (Å²) in [7, 11) is 0. The summed E-state index contributed by atoms with van der Waals surface area (Å²) in [5.74, 6) is 0.798. The first kappa shape index (κ1) is 17.0. The van der Waals surface area contributed by atoms with E-state index in [1.165, 1.54) is 0 Å². The molecule has 0 saturated carbocycles. The maximum Gasteiger partial charge on any atom is 0.226 e. The first-order chi connectivity index (χ1) is 10.7. The van der Waals surface area contributed by atoms with E-state index in [0.717, 1.165) is 32.4 Å². The summed E-state index contributed by atoms with van der Waals surface area (Å²) in [4.78, 5) is 28.2. The Kier molecular flexibility index (Phi) is 6.43. The monoisotopic (exact) mass is 308 g/mol. The molecule has 0 aliphatic carbocycles. The molecule has 2 amide bonds. The summed E-state index contributed by atoms with van der Waals surface area (Å²) in [6.45, 7) is 4.33. The van der Waals surface area contributed by atoms with E-state index in [9.17, 15) is 9.59 Å². The molecule has 2 atom stereocenters. The van der Waals surface area contributed by atoms with Crippen LogP contribution >= 0.6 is 0 Å². The number of likely N-dealkylation sites (tertiary alicyclic amines) is 2. The molecule has 0 aromatic heterocycles. The van der Waals surface area contributed by atoms with E-state index in [1.807, 2.05) is 22.0 Å². The molecule has 5 heteroatoms. The van der Waals surface area contributed by atoms with E-state index in [0.29, 0.717) is 31.7 Å². The molecule has 0 aromatic rings. The van der Waals surface area contributed by atoms with Crippen LogP contribution < -0.4 is 0 Å². The van der Waals surface area contributed by atoms with Crippen molar-refractivity contribution in [2.75, 3.05) is 26.2 Å². The molecule has 1 N–H and O–H groups in total. The lowest BCUT2D eigenvalue weighted by molar-refractivity contribution is -0.144. The minimum atomic E-state index is 0.121. The highest BCUT2D eigenvalue weighted by Crippen LogP contribution is 2.31. The molecule has 2 heterocycles. The lowest BCUT2D eigenvalue weighted by Gasteiger charge is -2.47. The Morgan fingerprint density at radius 2 is 2.18 bits per heavy atom. The highest BCUT2D eigenvalue weighted by molar-refractivity contribution is 5.79. The molecule has 2 rings (SSSR count). The van der Waals surface area contributed by atoms with Gasteiger partial charge in [-0.05, 0) is 31.6 Å². The molecule has 0 aromatic carbocycles. The zero-order chi connectivity index (χ0) is 15.9. The van der Waals surface area contributed by atoms with E-state index >= 15 is 0 Å². The Labute approximate surface area is 133 Å². The van der Waals surface area contributed by atoms with Gasteiger partial charge in [0.2, 0.25) is 11.8 Å². The van der Waals surface area contributed by atoms with Gasteiger partial charge in [-0.3, -0.25) is 9.59 Å². The van der Waals surface area contributed by atoms with Crippen LogP contribution in [0.3, 0.4) is 0 Å². The van der Waals surface area contributed by atoms with Crippen LogP contribution in [0.4, 0.5) is 0 Å². The van der Waals surface area contributed by atoms with Crippen molar-refractivity contribution in [2.45, 2.75) is 51.5 Å². The third kappa shape index (κ3) is 4.09.